The van der Waals surface area contributed by atoms with Crippen LogP contribution in [0.25, 0.3) is 100 Å². The van der Waals surface area contributed by atoms with Gasteiger partial charge in [-0.25, -0.2) is 0 Å². The van der Waals surface area contributed by atoms with Gasteiger partial charge in [0.05, 0.1) is 11.4 Å². The number of aromatic nitrogens is 2. The standard InChI is InChI=1S/C69H56N2O2/c1-69(2)39-21-36-60(68(69)73)67(72)38-37-49-26-15-16-31-55(49)52-40-53(56-32-17-19-34-58(56)63-45-70-65(50-27-11-5-12-28-50)43-61(63)47-22-7-3-8-23-47)42-54(41-52)57-33-18-20-35-59(57)64-46-71-66(51-29-13-6-14-30-51)44-62(64)48-24-9-4-10-25-48/h3-20,22-35,40-46,73H,21,36-39H2,1-2H3. The van der Waals surface area contributed by atoms with E-state index in [9.17, 15) is 9.90 Å². The molecule has 0 bridgehead atoms. The number of rotatable bonds is 13. The van der Waals surface area contributed by atoms with Crippen molar-refractivity contribution in [3.63, 3.8) is 0 Å². The molecule has 0 saturated carbocycles. The molecule has 0 amide bonds. The molecule has 0 fully saturated rings. The monoisotopic (exact) mass is 944 g/mol. The summed E-state index contributed by atoms with van der Waals surface area (Å²) >= 11 is 0. The normalized spacial score (nSPS) is 13.2. The first-order chi connectivity index (χ1) is 35.8. The summed E-state index contributed by atoms with van der Waals surface area (Å²) in [6.45, 7) is 4.06. The zero-order chi connectivity index (χ0) is 49.7. The third-order valence-corrected chi connectivity index (χ3v) is 14.5. The number of carbonyl (C=O) groups is 1. The molecule has 0 aliphatic heterocycles. The minimum Gasteiger partial charge on any atom is -0.511 e. The summed E-state index contributed by atoms with van der Waals surface area (Å²) in [6.07, 6.45) is 7.31. The summed E-state index contributed by atoms with van der Waals surface area (Å²) in [5.74, 6) is 0.284. The van der Waals surface area contributed by atoms with Crippen molar-refractivity contribution in [3.05, 3.63) is 254 Å². The Morgan fingerprint density at radius 3 is 1.27 bits per heavy atom. The second kappa shape index (κ2) is 20.5. The molecule has 2 aromatic heterocycles. The molecule has 0 unspecified atom stereocenters. The fourth-order valence-electron chi connectivity index (χ4n) is 10.7. The highest BCUT2D eigenvalue weighted by molar-refractivity contribution is 5.98. The molecule has 0 radical (unpaired) electrons. The van der Waals surface area contributed by atoms with E-state index >= 15 is 0 Å². The number of benzene rings is 8. The smallest absolute Gasteiger partial charge is 0.162 e. The molecule has 1 aliphatic carbocycles. The van der Waals surface area contributed by atoms with Crippen molar-refractivity contribution in [1.29, 1.82) is 0 Å². The number of aliphatic hydroxyl groups excluding tert-OH is 1. The van der Waals surface area contributed by atoms with Crippen LogP contribution in [0.2, 0.25) is 0 Å². The maximum absolute atomic E-state index is 14.0. The molecule has 8 aromatic carbocycles. The van der Waals surface area contributed by atoms with E-state index in [-0.39, 0.29) is 11.5 Å². The van der Waals surface area contributed by atoms with E-state index in [1.165, 1.54) is 0 Å². The van der Waals surface area contributed by atoms with Gasteiger partial charge in [0.2, 0.25) is 0 Å². The molecule has 2 heterocycles. The van der Waals surface area contributed by atoms with E-state index < -0.39 is 5.41 Å². The predicted octanol–water partition coefficient (Wildman–Crippen LogP) is 18.0. The van der Waals surface area contributed by atoms with Gasteiger partial charge < -0.3 is 5.11 Å². The number of pyridine rings is 2. The van der Waals surface area contributed by atoms with Crippen LogP contribution >= 0.6 is 0 Å². The summed E-state index contributed by atoms with van der Waals surface area (Å²) in [7, 11) is 0. The second-order valence-corrected chi connectivity index (χ2v) is 19.7. The quantitative estimate of drug-likeness (QED) is 0.125. The lowest BCUT2D eigenvalue weighted by atomic mass is 9.76. The zero-order valence-corrected chi connectivity index (χ0v) is 41.3. The van der Waals surface area contributed by atoms with Crippen molar-refractivity contribution in [2.45, 2.75) is 46.0 Å². The highest BCUT2D eigenvalue weighted by Crippen LogP contribution is 2.45. The van der Waals surface area contributed by atoms with E-state index in [4.69, 9.17) is 9.97 Å². The Morgan fingerprint density at radius 1 is 0.425 bits per heavy atom. The Hall–Kier alpha value is -8.73. The molecular weight excluding hydrogens is 889 g/mol. The number of Topliss-reactive ketones (excluding diaryl/α,β-unsaturated/α-hetero) is 1. The lowest BCUT2D eigenvalue weighted by molar-refractivity contribution is -0.116. The average Bonchev–Trinajstić information content (AvgIpc) is 3.45. The van der Waals surface area contributed by atoms with Crippen molar-refractivity contribution in [2.24, 2.45) is 5.41 Å². The van der Waals surface area contributed by atoms with E-state index in [1.807, 2.05) is 38.4 Å². The summed E-state index contributed by atoms with van der Waals surface area (Å²) in [6, 6.07) is 79.1. The van der Waals surface area contributed by atoms with Crippen molar-refractivity contribution in [2.75, 3.05) is 0 Å². The van der Waals surface area contributed by atoms with Crippen molar-refractivity contribution in [3.8, 4) is 100 Å². The molecule has 354 valence electrons. The first kappa shape index (κ1) is 46.6. The van der Waals surface area contributed by atoms with E-state index in [0.717, 1.165) is 119 Å². The van der Waals surface area contributed by atoms with Gasteiger partial charge in [0, 0.05) is 52.1 Å². The van der Waals surface area contributed by atoms with Crippen LogP contribution < -0.4 is 0 Å². The average molecular weight is 945 g/mol. The van der Waals surface area contributed by atoms with Crippen LogP contribution in [-0.2, 0) is 11.2 Å². The number of allylic oxidation sites excluding steroid dienone is 2. The zero-order valence-electron chi connectivity index (χ0n) is 41.3. The minimum absolute atomic E-state index is 0.0274. The maximum atomic E-state index is 14.0. The molecule has 1 N–H and O–H groups in total. The van der Waals surface area contributed by atoms with E-state index in [0.29, 0.717) is 24.8 Å². The maximum Gasteiger partial charge on any atom is 0.162 e. The van der Waals surface area contributed by atoms with Gasteiger partial charge in [-0.05, 0) is 128 Å². The Bertz CT molecular complexity index is 3450. The third kappa shape index (κ3) is 9.73. The van der Waals surface area contributed by atoms with Gasteiger partial charge in [-0.1, -0.05) is 208 Å². The lowest BCUT2D eigenvalue weighted by Gasteiger charge is -2.30. The Morgan fingerprint density at radius 2 is 0.808 bits per heavy atom. The minimum atomic E-state index is -0.395. The van der Waals surface area contributed by atoms with Gasteiger partial charge in [-0.15, -0.1) is 0 Å². The third-order valence-electron chi connectivity index (χ3n) is 14.5. The Labute approximate surface area is 429 Å². The van der Waals surface area contributed by atoms with Gasteiger partial charge in [0.25, 0.3) is 0 Å². The van der Waals surface area contributed by atoms with E-state index in [2.05, 4.69) is 212 Å². The molecule has 0 spiro atoms. The largest absolute Gasteiger partial charge is 0.511 e. The number of hydrogen-bond acceptors (Lipinski definition) is 4. The fraction of sp³-hybridized carbons (Fsp3) is 0.116. The van der Waals surface area contributed by atoms with Crippen LogP contribution in [0, 0.1) is 5.41 Å². The first-order valence-electron chi connectivity index (χ1n) is 25.4. The van der Waals surface area contributed by atoms with Crippen LogP contribution in [0.4, 0.5) is 0 Å². The first-order valence-corrected chi connectivity index (χ1v) is 25.4. The number of aliphatic hydroxyl groups is 1. The SMILES string of the molecule is CC1(C)CCCC(C(=O)CCc2ccccc2-c2cc(-c3ccccc3-c3cnc(-c4ccccc4)cc3-c3ccccc3)cc(-c3ccccc3-c3cnc(-c4ccccc4)cc3-c3ccccc3)c2)=C1O. The molecular formula is C69H56N2O2. The molecule has 0 atom stereocenters. The fourth-order valence-corrected chi connectivity index (χ4v) is 10.7. The number of carbonyl (C=O) groups excluding carboxylic acids is 1. The summed E-state index contributed by atoms with van der Waals surface area (Å²) < 4.78 is 0. The molecule has 4 heteroatoms. The predicted molar refractivity (Wildman–Crippen MR) is 302 cm³/mol. The van der Waals surface area contributed by atoms with Gasteiger partial charge in [0.1, 0.15) is 5.76 Å². The van der Waals surface area contributed by atoms with Crippen molar-refractivity contribution >= 4 is 5.78 Å². The van der Waals surface area contributed by atoms with Crippen LogP contribution in [0.5, 0.6) is 0 Å². The van der Waals surface area contributed by atoms with E-state index in [1.54, 1.807) is 0 Å². The van der Waals surface area contributed by atoms with Gasteiger partial charge in [-0.2, -0.15) is 0 Å². The molecule has 10 aromatic rings. The van der Waals surface area contributed by atoms with Crippen LogP contribution in [0.15, 0.2) is 248 Å². The van der Waals surface area contributed by atoms with Crippen LogP contribution in [0.3, 0.4) is 0 Å². The van der Waals surface area contributed by atoms with Gasteiger partial charge in [-0.3, -0.25) is 14.8 Å². The molecule has 0 saturated heterocycles. The highest BCUT2D eigenvalue weighted by atomic mass is 16.3. The molecule has 1 aliphatic rings. The number of ketones is 1. The molecule has 11 rings (SSSR count). The number of hydrogen-bond donors (Lipinski definition) is 1. The second-order valence-electron chi connectivity index (χ2n) is 19.7. The number of aryl methyl sites for hydroxylation is 1. The number of nitrogens with zero attached hydrogens (tertiary/aromatic N) is 2. The Kier molecular flexibility index (Phi) is 13.1. The topological polar surface area (TPSA) is 63.1 Å². The molecule has 4 nitrogen and oxygen atoms in total. The molecule has 73 heavy (non-hydrogen) atoms. The summed E-state index contributed by atoms with van der Waals surface area (Å²) in [5, 5.41) is 11.2. The van der Waals surface area contributed by atoms with Crippen LogP contribution in [0.1, 0.15) is 45.1 Å². The van der Waals surface area contributed by atoms with Gasteiger partial charge in [0.15, 0.2) is 5.78 Å². The highest BCUT2D eigenvalue weighted by Gasteiger charge is 2.32. The summed E-state index contributed by atoms with van der Waals surface area (Å²) in [5.41, 5.74) is 20.2. The van der Waals surface area contributed by atoms with Crippen molar-refractivity contribution in [1.82, 2.24) is 9.97 Å². The Balaban J connectivity index is 1.10. The lowest BCUT2D eigenvalue weighted by Crippen LogP contribution is -2.24. The van der Waals surface area contributed by atoms with Crippen LogP contribution in [-0.4, -0.2) is 20.9 Å². The summed E-state index contributed by atoms with van der Waals surface area (Å²) in [4.78, 5) is 24.2. The van der Waals surface area contributed by atoms with Crippen molar-refractivity contribution < 1.29 is 9.90 Å². The van der Waals surface area contributed by atoms with Gasteiger partial charge >= 0.3 is 0 Å².